The number of aliphatic hydroxyl groups excluding tert-OH is 7. The molecule has 0 unspecified atom stereocenters. The third-order valence-electron chi connectivity index (χ3n) is 7.94. The molecule has 42 heavy (non-hydrogen) atoms. The minimum atomic E-state index is -2.27. The Morgan fingerprint density at radius 3 is 1.93 bits per heavy atom. The lowest BCUT2D eigenvalue weighted by Gasteiger charge is -2.43. The van der Waals surface area contributed by atoms with Crippen LogP contribution in [0.4, 0.5) is 0 Å². The SMILES string of the molecule is CCCCCCCC/C=C/CCCCCCCC(=O)OC[C@H]1O[C@H](O[C@]2(CO)O[C@H](CO)[C@@H](O)[C@@H]2O)[C@H](O)[C@@H](O)[C@@H]1O. The number of esters is 1. The summed E-state index contributed by atoms with van der Waals surface area (Å²) in [5.74, 6) is -2.78. The molecule has 0 spiro atoms. The molecule has 12 heteroatoms. The van der Waals surface area contributed by atoms with Gasteiger partial charge in [0, 0.05) is 6.42 Å². The number of ether oxygens (including phenoxy) is 4. The summed E-state index contributed by atoms with van der Waals surface area (Å²) in [7, 11) is 0. The maximum absolute atomic E-state index is 12.2. The molecule has 0 aromatic carbocycles. The van der Waals surface area contributed by atoms with Gasteiger partial charge in [0.1, 0.15) is 55.9 Å². The number of allylic oxidation sites excluding steroid dienone is 2. The van der Waals surface area contributed by atoms with E-state index in [-0.39, 0.29) is 6.42 Å². The maximum Gasteiger partial charge on any atom is 0.305 e. The molecule has 2 saturated heterocycles. The lowest BCUT2D eigenvalue weighted by atomic mass is 9.99. The quantitative estimate of drug-likeness (QED) is 0.0561. The van der Waals surface area contributed by atoms with Gasteiger partial charge in [0.05, 0.1) is 6.61 Å². The summed E-state index contributed by atoms with van der Waals surface area (Å²) in [6.07, 6.45) is 6.61. The highest BCUT2D eigenvalue weighted by Crippen LogP contribution is 2.36. The van der Waals surface area contributed by atoms with E-state index >= 15 is 0 Å². The van der Waals surface area contributed by atoms with Crippen molar-refractivity contribution in [1.82, 2.24) is 0 Å². The van der Waals surface area contributed by atoms with Crippen molar-refractivity contribution >= 4 is 5.97 Å². The molecule has 0 aliphatic carbocycles. The Kier molecular flexibility index (Phi) is 17.6. The van der Waals surface area contributed by atoms with E-state index in [1.54, 1.807) is 0 Å². The smallest absolute Gasteiger partial charge is 0.305 e. The van der Waals surface area contributed by atoms with E-state index in [1.807, 2.05) is 0 Å². The Morgan fingerprint density at radius 2 is 1.36 bits per heavy atom. The number of hydrogen-bond acceptors (Lipinski definition) is 12. The molecule has 2 aliphatic heterocycles. The molecular formula is C30H54O12. The average Bonchev–Trinajstić information content (AvgIpc) is 3.23. The number of carbonyl (C=O) groups is 1. The first-order valence-electron chi connectivity index (χ1n) is 15.6. The summed E-state index contributed by atoms with van der Waals surface area (Å²) in [6, 6.07) is 0. The van der Waals surface area contributed by atoms with E-state index in [0.29, 0.717) is 6.42 Å². The Labute approximate surface area is 249 Å². The van der Waals surface area contributed by atoms with Crippen molar-refractivity contribution in [2.45, 2.75) is 152 Å². The van der Waals surface area contributed by atoms with Crippen molar-refractivity contribution in [3.8, 4) is 0 Å². The van der Waals surface area contributed by atoms with Gasteiger partial charge >= 0.3 is 5.97 Å². The highest BCUT2D eigenvalue weighted by atomic mass is 16.8. The predicted octanol–water partition coefficient (Wildman–Crippen LogP) is 1.19. The number of rotatable bonds is 21. The highest BCUT2D eigenvalue weighted by molar-refractivity contribution is 5.69. The van der Waals surface area contributed by atoms with Gasteiger partial charge in [0.15, 0.2) is 6.29 Å². The third kappa shape index (κ3) is 11.4. The first-order valence-corrected chi connectivity index (χ1v) is 15.6. The van der Waals surface area contributed by atoms with Crippen LogP contribution < -0.4 is 0 Å². The molecule has 2 fully saturated rings. The van der Waals surface area contributed by atoms with Gasteiger partial charge in [0.25, 0.3) is 0 Å². The molecule has 7 N–H and O–H groups in total. The predicted molar refractivity (Wildman–Crippen MR) is 152 cm³/mol. The fourth-order valence-electron chi connectivity index (χ4n) is 5.21. The summed E-state index contributed by atoms with van der Waals surface area (Å²) in [5.41, 5.74) is 0. The molecule has 2 aliphatic rings. The average molecular weight is 607 g/mol. The van der Waals surface area contributed by atoms with Crippen LogP contribution in [0.25, 0.3) is 0 Å². The van der Waals surface area contributed by atoms with Gasteiger partial charge in [0.2, 0.25) is 5.79 Å². The van der Waals surface area contributed by atoms with Crippen LogP contribution in [-0.2, 0) is 23.7 Å². The standard InChI is InChI=1S/C30H54O12/c1-2-3-4-5-6-7-8-9-10-11-12-13-14-15-16-17-23(33)39-19-22-24(34)26(36)27(37)29(40-22)42-30(20-32)28(38)25(35)21(18-31)41-30/h9-10,21-22,24-29,31-32,34-38H,2-8,11-20H2,1H3/b10-9+/t21-,22-,24-,25-,26+,27-,28+,29-,30+/m1/s1. The lowest BCUT2D eigenvalue weighted by molar-refractivity contribution is -0.383. The molecule has 0 aromatic heterocycles. The summed E-state index contributed by atoms with van der Waals surface area (Å²) >= 11 is 0. The Morgan fingerprint density at radius 1 is 0.762 bits per heavy atom. The van der Waals surface area contributed by atoms with Crippen molar-refractivity contribution in [3.05, 3.63) is 12.2 Å². The van der Waals surface area contributed by atoms with Gasteiger partial charge < -0.3 is 54.7 Å². The van der Waals surface area contributed by atoms with Crippen molar-refractivity contribution in [2.75, 3.05) is 19.8 Å². The summed E-state index contributed by atoms with van der Waals surface area (Å²) in [5, 5.41) is 70.5. The summed E-state index contributed by atoms with van der Waals surface area (Å²) in [6.45, 7) is 0.121. The molecule has 0 aromatic rings. The van der Waals surface area contributed by atoms with E-state index in [9.17, 15) is 40.5 Å². The highest BCUT2D eigenvalue weighted by Gasteiger charge is 2.58. The van der Waals surface area contributed by atoms with Crippen molar-refractivity contribution in [2.24, 2.45) is 0 Å². The van der Waals surface area contributed by atoms with Gasteiger partial charge in [-0.05, 0) is 32.1 Å². The van der Waals surface area contributed by atoms with E-state index in [0.717, 1.165) is 38.5 Å². The van der Waals surface area contributed by atoms with Gasteiger partial charge in [-0.2, -0.15) is 0 Å². The molecule has 246 valence electrons. The van der Waals surface area contributed by atoms with Gasteiger partial charge in [-0.25, -0.2) is 0 Å². The Bertz CT molecular complexity index is 767. The monoisotopic (exact) mass is 606 g/mol. The topological polar surface area (TPSA) is 196 Å². The fourth-order valence-corrected chi connectivity index (χ4v) is 5.21. The molecule has 0 bridgehead atoms. The second kappa shape index (κ2) is 20.0. The largest absolute Gasteiger partial charge is 0.463 e. The van der Waals surface area contributed by atoms with Crippen LogP contribution in [0, 0.1) is 0 Å². The zero-order chi connectivity index (χ0) is 31.0. The third-order valence-corrected chi connectivity index (χ3v) is 7.94. The molecule has 0 saturated carbocycles. The number of hydrogen-bond donors (Lipinski definition) is 7. The summed E-state index contributed by atoms with van der Waals surface area (Å²) in [4.78, 5) is 12.2. The Balaban J connectivity index is 1.64. The van der Waals surface area contributed by atoms with Gasteiger partial charge in [-0.3, -0.25) is 4.79 Å². The second-order valence-corrected chi connectivity index (χ2v) is 11.4. The molecule has 2 rings (SSSR count). The number of carbonyl (C=O) groups excluding carboxylic acids is 1. The van der Waals surface area contributed by atoms with E-state index < -0.39 is 80.6 Å². The van der Waals surface area contributed by atoms with Crippen molar-refractivity contribution in [3.63, 3.8) is 0 Å². The lowest BCUT2D eigenvalue weighted by Crippen LogP contribution is -2.62. The van der Waals surface area contributed by atoms with Crippen molar-refractivity contribution in [1.29, 1.82) is 0 Å². The van der Waals surface area contributed by atoms with E-state index in [2.05, 4.69) is 19.1 Å². The molecule has 0 amide bonds. The van der Waals surface area contributed by atoms with Gasteiger partial charge in [-0.1, -0.05) is 70.4 Å². The minimum Gasteiger partial charge on any atom is -0.463 e. The second-order valence-electron chi connectivity index (χ2n) is 11.4. The van der Waals surface area contributed by atoms with Crippen LogP contribution >= 0.6 is 0 Å². The van der Waals surface area contributed by atoms with Crippen LogP contribution in [0.5, 0.6) is 0 Å². The first kappa shape index (κ1) is 37.0. The minimum absolute atomic E-state index is 0.181. The molecule has 0 radical (unpaired) electrons. The zero-order valence-electron chi connectivity index (χ0n) is 25.0. The fraction of sp³-hybridized carbons (Fsp3) is 0.900. The van der Waals surface area contributed by atoms with E-state index in [4.69, 9.17) is 18.9 Å². The van der Waals surface area contributed by atoms with Crippen LogP contribution in [0.15, 0.2) is 12.2 Å². The maximum atomic E-state index is 12.2. The molecular weight excluding hydrogens is 552 g/mol. The van der Waals surface area contributed by atoms with Crippen LogP contribution in [0.3, 0.4) is 0 Å². The first-order chi connectivity index (χ1) is 20.2. The van der Waals surface area contributed by atoms with Crippen LogP contribution in [0.2, 0.25) is 0 Å². The number of unbranched alkanes of at least 4 members (excludes halogenated alkanes) is 11. The normalized spacial score (nSPS) is 33.4. The molecule has 9 atom stereocenters. The zero-order valence-corrected chi connectivity index (χ0v) is 25.0. The molecule has 2 heterocycles. The Hall–Kier alpha value is -1.19. The van der Waals surface area contributed by atoms with Crippen LogP contribution in [-0.4, -0.2) is 116 Å². The van der Waals surface area contributed by atoms with E-state index in [1.165, 1.54) is 38.5 Å². The number of aliphatic hydroxyl groups is 7. The summed E-state index contributed by atoms with van der Waals surface area (Å²) < 4.78 is 21.4. The molecule has 12 nitrogen and oxygen atoms in total. The van der Waals surface area contributed by atoms with Gasteiger partial charge in [-0.15, -0.1) is 0 Å². The van der Waals surface area contributed by atoms with Crippen molar-refractivity contribution < 1.29 is 59.5 Å². The van der Waals surface area contributed by atoms with Crippen LogP contribution in [0.1, 0.15) is 96.8 Å².